The molecule has 0 aliphatic carbocycles. The van der Waals surface area contributed by atoms with Gasteiger partial charge in [0.25, 0.3) is 0 Å². The average molecular weight is 318 g/mol. The van der Waals surface area contributed by atoms with E-state index in [1.54, 1.807) is 6.07 Å². The summed E-state index contributed by atoms with van der Waals surface area (Å²) in [6.07, 6.45) is 0. The predicted molar refractivity (Wildman–Crippen MR) is 96.8 cm³/mol. The number of nitrogens with one attached hydrogen (secondary N) is 2. The Bertz CT molecular complexity index is 815. The summed E-state index contributed by atoms with van der Waals surface area (Å²) in [5, 5.41) is 5.60. The zero-order chi connectivity index (χ0) is 16.8. The summed E-state index contributed by atoms with van der Waals surface area (Å²) in [7, 11) is 0. The van der Waals surface area contributed by atoms with Gasteiger partial charge in [-0.3, -0.25) is 0 Å². The van der Waals surface area contributed by atoms with E-state index in [0.717, 1.165) is 17.0 Å². The summed E-state index contributed by atoms with van der Waals surface area (Å²) in [6, 6.07) is 24.1. The Hall–Kier alpha value is -3.27. The van der Waals surface area contributed by atoms with Crippen molar-refractivity contribution in [2.75, 3.05) is 10.6 Å². The number of hydrogen-bond donors (Lipinski definition) is 2. The quantitative estimate of drug-likeness (QED) is 0.673. The number of ether oxygens (including phenoxy) is 1. The summed E-state index contributed by atoms with van der Waals surface area (Å²) in [6.45, 7) is 2.00. The van der Waals surface area contributed by atoms with Crippen molar-refractivity contribution in [3.8, 4) is 11.5 Å². The summed E-state index contributed by atoms with van der Waals surface area (Å²) in [5.41, 5.74) is 2.55. The van der Waals surface area contributed by atoms with Gasteiger partial charge >= 0.3 is 6.03 Å². The highest BCUT2D eigenvalue weighted by molar-refractivity contribution is 5.99. The summed E-state index contributed by atoms with van der Waals surface area (Å²) in [5.74, 6) is 1.41. The zero-order valence-electron chi connectivity index (χ0n) is 13.3. The molecule has 4 nitrogen and oxygen atoms in total. The number of amides is 2. The van der Waals surface area contributed by atoms with Gasteiger partial charge in [0.2, 0.25) is 0 Å². The first-order valence-corrected chi connectivity index (χ1v) is 7.67. The maximum Gasteiger partial charge on any atom is 0.323 e. The molecule has 24 heavy (non-hydrogen) atoms. The number of hydrogen-bond acceptors (Lipinski definition) is 2. The number of aryl methyl sites for hydroxylation is 1. The van der Waals surface area contributed by atoms with Gasteiger partial charge in [0.15, 0.2) is 0 Å². The Morgan fingerprint density at radius 1 is 0.750 bits per heavy atom. The van der Waals surface area contributed by atoms with Crippen LogP contribution in [0.2, 0.25) is 0 Å². The van der Waals surface area contributed by atoms with E-state index in [2.05, 4.69) is 10.6 Å². The van der Waals surface area contributed by atoms with Gasteiger partial charge in [-0.1, -0.05) is 42.0 Å². The van der Waals surface area contributed by atoms with E-state index >= 15 is 0 Å². The molecule has 0 saturated heterocycles. The molecule has 0 aromatic heterocycles. The van der Waals surface area contributed by atoms with Crippen LogP contribution in [-0.2, 0) is 0 Å². The summed E-state index contributed by atoms with van der Waals surface area (Å²) < 4.78 is 5.76. The van der Waals surface area contributed by atoms with Crippen molar-refractivity contribution < 1.29 is 9.53 Å². The molecule has 0 unspecified atom stereocenters. The highest BCUT2D eigenvalue weighted by Gasteiger charge is 2.04. The van der Waals surface area contributed by atoms with E-state index in [0.29, 0.717) is 11.4 Å². The SMILES string of the molecule is Cc1ccc(NC(=O)Nc2cccc(Oc3ccccc3)c2)cc1. The molecule has 0 saturated carbocycles. The number of para-hydroxylation sites is 1. The van der Waals surface area contributed by atoms with Crippen LogP contribution in [0.1, 0.15) is 5.56 Å². The van der Waals surface area contributed by atoms with E-state index in [4.69, 9.17) is 4.74 Å². The molecule has 3 rings (SSSR count). The minimum Gasteiger partial charge on any atom is -0.457 e. The van der Waals surface area contributed by atoms with Crippen LogP contribution in [0.3, 0.4) is 0 Å². The van der Waals surface area contributed by atoms with Crippen LogP contribution in [0, 0.1) is 6.92 Å². The van der Waals surface area contributed by atoms with Crippen LogP contribution >= 0.6 is 0 Å². The summed E-state index contributed by atoms with van der Waals surface area (Å²) in [4.78, 5) is 12.1. The van der Waals surface area contributed by atoms with Crippen LogP contribution < -0.4 is 15.4 Å². The van der Waals surface area contributed by atoms with Crippen molar-refractivity contribution in [1.29, 1.82) is 0 Å². The monoisotopic (exact) mass is 318 g/mol. The first kappa shape index (κ1) is 15.6. The van der Waals surface area contributed by atoms with E-state index in [1.165, 1.54) is 0 Å². The zero-order valence-corrected chi connectivity index (χ0v) is 13.3. The Labute approximate surface area is 141 Å². The number of carbonyl (C=O) groups is 1. The molecule has 0 radical (unpaired) electrons. The third-order valence-electron chi connectivity index (χ3n) is 3.38. The minimum absolute atomic E-state index is 0.296. The van der Waals surface area contributed by atoms with E-state index in [9.17, 15) is 4.79 Å². The molecule has 0 atom stereocenters. The molecule has 2 amide bonds. The molecule has 120 valence electrons. The Kier molecular flexibility index (Phi) is 4.77. The van der Waals surface area contributed by atoms with Gasteiger partial charge in [-0.15, -0.1) is 0 Å². The lowest BCUT2D eigenvalue weighted by Crippen LogP contribution is -2.19. The van der Waals surface area contributed by atoms with Crippen LogP contribution in [0.25, 0.3) is 0 Å². The molecular weight excluding hydrogens is 300 g/mol. The molecule has 0 aliphatic rings. The molecule has 0 fully saturated rings. The summed E-state index contributed by atoms with van der Waals surface area (Å²) >= 11 is 0. The van der Waals surface area contributed by atoms with Crippen molar-refractivity contribution >= 4 is 17.4 Å². The fourth-order valence-electron chi connectivity index (χ4n) is 2.19. The predicted octanol–water partition coefficient (Wildman–Crippen LogP) is 5.43. The third-order valence-corrected chi connectivity index (χ3v) is 3.38. The smallest absolute Gasteiger partial charge is 0.323 e. The number of carbonyl (C=O) groups excluding carboxylic acids is 1. The topological polar surface area (TPSA) is 50.4 Å². The number of benzene rings is 3. The molecule has 0 aliphatic heterocycles. The lowest BCUT2D eigenvalue weighted by molar-refractivity contribution is 0.262. The maximum atomic E-state index is 12.1. The average Bonchev–Trinajstić information content (AvgIpc) is 2.58. The van der Waals surface area contributed by atoms with Gasteiger partial charge in [0, 0.05) is 17.4 Å². The Balaban J connectivity index is 1.63. The second-order valence-corrected chi connectivity index (χ2v) is 5.39. The Morgan fingerprint density at radius 2 is 1.42 bits per heavy atom. The lowest BCUT2D eigenvalue weighted by Gasteiger charge is -2.10. The molecule has 0 heterocycles. The molecule has 3 aromatic carbocycles. The second kappa shape index (κ2) is 7.33. The van der Waals surface area contributed by atoms with E-state index in [1.807, 2.05) is 79.7 Å². The van der Waals surface area contributed by atoms with Crippen molar-refractivity contribution in [2.24, 2.45) is 0 Å². The largest absolute Gasteiger partial charge is 0.457 e. The normalized spacial score (nSPS) is 10.0. The molecule has 2 N–H and O–H groups in total. The van der Waals surface area contributed by atoms with Crippen molar-refractivity contribution in [3.63, 3.8) is 0 Å². The van der Waals surface area contributed by atoms with Crippen molar-refractivity contribution in [3.05, 3.63) is 84.4 Å². The molecule has 4 heteroatoms. The molecular formula is C20H18N2O2. The van der Waals surface area contributed by atoms with Crippen LogP contribution in [-0.4, -0.2) is 6.03 Å². The van der Waals surface area contributed by atoms with Crippen LogP contribution in [0.4, 0.5) is 16.2 Å². The van der Waals surface area contributed by atoms with Gasteiger partial charge in [-0.05, 0) is 43.3 Å². The first-order valence-electron chi connectivity index (χ1n) is 7.67. The number of anilines is 2. The highest BCUT2D eigenvalue weighted by atomic mass is 16.5. The second-order valence-electron chi connectivity index (χ2n) is 5.39. The van der Waals surface area contributed by atoms with Crippen LogP contribution in [0.5, 0.6) is 11.5 Å². The first-order chi connectivity index (χ1) is 11.7. The standard InChI is InChI=1S/C20H18N2O2/c1-15-10-12-16(13-11-15)21-20(23)22-17-6-5-9-19(14-17)24-18-7-3-2-4-8-18/h2-14H,1H3,(H2,21,22,23). The van der Waals surface area contributed by atoms with Gasteiger partial charge in [-0.25, -0.2) is 4.79 Å². The number of urea groups is 1. The number of rotatable bonds is 4. The van der Waals surface area contributed by atoms with Gasteiger partial charge in [0.1, 0.15) is 11.5 Å². The van der Waals surface area contributed by atoms with Crippen LogP contribution in [0.15, 0.2) is 78.9 Å². The third kappa shape index (κ3) is 4.36. The van der Waals surface area contributed by atoms with Gasteiger partial charge < -0.3 is 15.4 Å². The lowest BCUT2D eigenvalue weighted by atomic mass is 10.2. The van der Waals surface area contributed by atoms with E-state index in [-0.39, 0.29) is 6.03 Å². The fraction of sp³-hybridized carbons (Fsp3) is 0.0500. The van der Waals surface area contributed by atoms with Gasteiger partial charge in [-0.2, -0.15) is 0 Å². The van der Waals surface area contributed by atoms with Gasteiger partial charge in [0.05, 0.1) is 0 Å². The van der Waals surface area contributed by atoms with E-state index < -0.39 is 0 Å². The van der Waals surface area contributed by atoms with Crippen molar-refractivity contribution in [2.45, 2.75) is 6.92 Å². The molecule has 0 spiro atoms. The minimum atomic E-state index is -0.296. The fourth-order valence-corrected chi connectivity index (χ4v) is 2.19. The van der Waals surface area contributed by atoms with Crippen molar-refractivity contribution in [1.82, 2.24) is 0 Å². The molecule has 0 bridgehead atoms. The highest BCUT2D eigenvalue weighted by Crippen LogP contribution is 2.24. The molecule has 3 aromatic rings. The maximum absolute atomic E-state index is 12.1. The Morgan fingerprint density at radius 3 is 2.17 bits per heavy atom.